The Morgan fingerprint density at radius 3 is 2.57 bits per heavy atom. The molecule has 0 unspecified atom stereocenters. The van der Waals surface area contributed by atoms with Gasteiger partial charge in [0.2, 0.25) is 5.88 Å². The van der Waals surface area contributed by atoms with Crippen molar-refractivity contribution in [2.75, 3.05) is 13.1 Å². The fraction of sp³-hybridized carbons (Fsp3) is 0.667. The van der Waals surface area contributed by atoms with Gasteiger partial charge in [0.15, 0.2) is 0 Å². The first-order valence-electron chi connectivity index (χ1n) is 8.95. The lowest BCUT2D eigenvalue weighted by molar-refractivity contribution is 0.158. The van der Waals surface area contributed by atoms with Gasteiger partial charge in [-0.3, -0.25) is 0 Å². The van der Waals surface area contributed by atoms with Crippen molar-refractivity contribution in [1.29, 1.82) is 0 Å². The lowest BCUT2D eigenvalue weighted by atomic mass is 10.1. The molecule has 1 N–H and O–H groups in total. The largest absolute Gasteiger partial charge is 0.474 e. The van der Waals surface area contributed by atoms with Crippen molar-refractivity contribution in [2.24, 2.45) is 0 Å². The van der Waals surface area contributed by atoms with Gasteiger partial charge in [0, 0.05) is 11.7 Å². The van der Waals surface area contributed by atoms with Gasteiger partial charge < -0.3 is 14.6 Å². The first kappa shape index (κ1) is 14.9. The highest BCUT2D eigenvalue weighted by molar-refractivity contribution is 5.86. The Hall–Kier alpha value is -1.62. The molecule has 1 aliphatic carbocycles. The second kappa shape index (κ2) is 6.11. The molecule has 2 aromatic rings. The van der Waals surface area contributed by atoms with Crippen LogP contribution in [-0.4, -0.2) is 33.7 Å². The van der Waals surface area contributed by atoms with Crippen LogP contribution in [0, 0.1) is 13.8 Å². The molecule has 2 fully saturated rings. The lowest BCUT2D eigenvalue weighted by Crippen LogP contribution is -2.34. The van der Waals surface area contributed by atoms with Crippen LogP contribution in [0.4, 0.5) is 0 Å². The second-order valence-electron chi connectivity index (χ2n) is 6.96. The summed E-state index contributed by atoms with van der Waals surface area (Å²) in [6.07, 6.45) is 9.21. The molecule has 5 heteroatoms. The highest BCUT2D eigenvalue weighted by atomic mass is 16.5. The maximum Gasteiger partial charge on any atom is 0.226 e. The van der Waals surface area contributed by atoms with E-state index in [9.17, 15) is 0 Å². The highest BCUT2D eigenvalue weighted by Gasteiger charge is 2.26. The van der Waals surface area contributed by atoms with Crippen LogP contribution in [0.25, 0.3) is 11.0 Å². The summed E-state index contributed by atoms with van der Waals surface area (Å²) < 4.78 is 8.72. The Morgan fingerprint density at radius 1 is 1.09 bits per heavy atom. The Kier molecular flexibility index (Phi) is 3.97. The molecule has 23 heavy (non-hydrogen) atoms. The fourth-order valence-electron chi connectivity index (χ4n) is 4.16. The number of nitrogens with one attached hydrogen (secondary N) is 1. The highest BCUT2D eigenvalue weighted by Crippen LogP contribution is 2.38. The number of hydrogen-bond acceptors (Lipinski definition) is 4. The monoisotopic (exact) mass is 314 g/mol. The quantitative estimate of drug-likeness (QED) is 0.944. The van der Waals surface area contributed by atoms with Crippen molar-refractivity contribution in [2.45, 2.75) is 64.5 Å². The molecule has 1 saturated heterocycles. The van der Waals surface area contributed by atoms with E-state index in [1.54, 1.807) is 6.33 Å². The zero-order chi connectivity index (χ0) is 15.8. The minimum absolute atomic E-state index is 0.267. The van der Waals surface area contributed by atoms with E-state index in [1.165, 1.54) is 36.9 Å². The van der Waals surface area contributed by atoms with Crippen molar-refractivity contribution >= 4 is 11.0 Å². The van der Waals surface area contributed by atoms with Gasteiger partial charge in [-0.25, -0.2) is 9.97 Å². The molecule has 2 aromatic heterocycles. The normalized spacial score (nSPS) is 20.4. The Morgan fingerprint density at radius 2 is 1.83 bits per heavy atom. The minimum atomic E-state index is 0.267. The number of aryl methyl sites for hydroxylation is 1. The molecule has 1 saturated carbocycles. The van der Waals surface area contributed by atoms with Crippen LogP contribution in [-0.2, 0) is 0 Å². The van der Waals surface area contributed by atoms with Crippen LogP contribution in [0.5, 0.6) is 5.88 Å². The number of fused-ring (bicyclic) bond motifs is 1. The number of aromatic nitrogens is 3. The van der Waals surface area contributed by atoms with Crippen LogP contribution in [0.1, 0.15) is 55.8 Å². The van der Waals surface area contributed by atoms with Crippen molar-refractivity contribution in [3.63, 3.8) is 0 Å². The summed E-state index contributed by atoms with van der Waals surface area (Å²) in [5, 5.41) is 4.50. The number of hydrogen-bond donors (Lipinski definition) is 1. The molecule has 0 atom stereocenters. The molecule has 2 aliphatic rings. The van der Waals surface area contributed by atoms with E-state index in [2.05, 4.69) is 33.7 Å². The van der Waals surface area contributed by atoms with E-state index in [-0.39, 0.29) is 6.10 Å². The molecule has 0 aromatic carbocycles. The number of rotatable bonds is 3. The molecule has 0 radical (unpaired) electrons. The van der Waals surface area contributed by atoms with Crippen molar-refractivity contribution in [1.82, 2.24) is 19.9 Å². The Labute approximate surface area is 137 Å². The van der Waals surface area contributed by atoms with E-state index >= 15 is 0 Å². The SMILES string of the molecule is Cc1c(C)n(C2CCCC2)c2ncnc(OC3CCNCC3)c12. The van der Waals surface area contributed by atoms with Gasteiger partial charge in [-0.2, -0.15) is 0 Å². The number of nitrogens with zero attached hydrogens (tertiary/aromatic N) is 3. The third-order valence-electron chi connectivity index (χ3n) is 5.55. The van der Waals surface area contributed by atoms with E-state index in [0.717, 1.165) is 42.8 Å². The fourth-order valence-corrected chi connectivity index (χ4v) is 4.16. The predicted molar refractivity (Wildman–Crippen MR) is 91.0 cm³/mol. The smallest absolute Gasteiger partial charge is 0.226 e. The summed E-state index contributed by atoms with van der Waals surface area (Å²) in [7, 11) is 0. The summed E-state index contributed by atoms with van der Waals surface area (Å²) in [6.45, 7) is 6.45. The summed E-state index contributed by atoms with van der Waals surface area (Å²) in [5.41, 5.74) is 3.66. The van der Waals surface area contributed by atoms with E-state index in [0.29, 0.717) is 6.04 Å². The lowest BCUT2D eigenvalue weighted by Gasteiger charge is -2.23. The molecule has 124 valence electrons. The molecule has 4 rings (SSSR count). The first-order valence-corrected chi connectivity index (χ1v) is 8.95. The maximum absolute atomic E-state index is 6.28. The van der Waals surface area contributed by atoms with Crippen molar-refractivity contribution < 1.29 is 4.74 Å². The van der Waals surface area contributed by atoms with Crippen LogP contribution < -0.4 is 10.1 Å². The van der Waals surface area contributed by atoms with Crippen LogP contribution in [0.2, 0.25) is 0 Å². The average Bonchev–Trinajstić information content (AvgIpc) is 3.17. The topological polar surface area (TPSA) is 52.0 Å². The van der Waals surface area contributed by atoms with Gasteiger partial charge in [0.25, 0.3) is 0 Å². The number of piperidine rings is 1. The van der Waals surface area contributed by atoms with E-state index in [4.69, 9.17) is 4.74 Å². The number of ether oxygens (including phenoxy) is 1. The average molecular weight is 314 g/mol. The summed E-state index contributed by atoms with van der Waals surface area (Å²) in [5.74, 6) is 0.777. The summed E-state index contributed by atoms with van der Waals surface area (Å²) >= 11 is 0. The molecule has 1 aliphatic heterocycles. The molecule has 3 heterocycles. The third kappa shape index (κ3) is 2.61. The van der Waals surface area contributed by atoms with E-state index < -0.39 is 0 Å². The van der Waals surface area contributed by atoms with Gasteiger partial charge in [-0.15, -0.1) is 0 Å². The van der Waals surface area contributed by atoms with Gasteiger partial charge >= 0.3 is 0 Å². The van der Waals surface area contributed by atoms with Crippen LogP contribution in [0.15, 0.2) is 6.33 Å². The van der Waals surface area contributed by atoms with Crippen molar-refractivity contribution in [3.05, 3.63) is 17.6 Å². The van der Waals surface area contributed by atoms with Crippen LogP contribution in [0.3, 0.4) is 0 Å². The first-order chi connectivity index (χ1) is 11.3. The Balaban J connectivity index is 1.75. The zero-order valence-electron chi connectivity index (χ0n) is 14.1. The molecule has 0 amide bonds. The molecule has 0 bridgehead atoms. The van der Waals surface area contributed by atoms with Crippen molar-refractivity contribution in [3.8, 4) is 5.88 Å². The standard InChI is InChI=1S/C18H26N4O/c1-12-13(2)22(14-5-3-4-6-14)17-16(12)18(21-11-20-17)23-15-7-9-19-10-8-15/h11,14-15,19H,3-10H2,1-2H3. The zero-order valence-corrected chi connectivity index (χ0v) is 14.1. The van der Waals surface area contributed by atoms with Gasteiger partial charge in [-0.05, 0) is 58.2 Å². The summed E-state index contributed by atoms with van der Waals surface area (Å²) in [6, 6.07) is 0.591. The van der Waals surface area contributed by atoms with Gasteiger partial charge in [0.05, 0.1) is 5.39 Å². The Bertz CT molecular complexity index is 697. The van der Waals surface area contributed by atoms with E-state index in [1.807, 2.05) is 0 Å². The minimum Gasteiger partial charge on any atom is -0.474 e. The molecular formula is C18H26N4O. The molecule has 5 nitrogen and oxygen atoms in total. The summed E-state index contributed by atoms with van der Waals surface area (Å²) in [4.78, 5) is 9.10. The van der Waals surface area contributed by atoms with Gasteiger partial charge in [-0.1, -0.05) is 12.8 Å². The molecular weight excluding hydrogens is 288 g/mol. The molecule has 0 spiro atoms. The van der Waals surface area contributed by atoms with Crippen LogP contribution >= 0.6 is 0 Å². The maximum atomic E-state index is 6.28. The second-order valence-corrected chi connectivity index (χ2v) is 6.96. The predicted octanol–water partition coefficient (Wildman–Crippen LogP) is 3.29. The van der Waals surface area contributed by atoms with Gasteiger partial charge in [0.1, 0.15) is 18.1 Å². The third-order valence-corrected chi connectivity index (χ3v) is 5.55.